The van der Waals surface area contributed by atoms with E-state index in [9.17, 15) is 0 Å². The maximum absolute atomic E-state index is 4.48. The molecule has 0 saturated heterocycles. The summed E-state index contributed by atoms with van der Waals surface area (Å²) in [6, 6.07) is 14.4. The van der Waals surface area contributed by atoms with Gasteiger partial charge in [-0.2, -0.15) is 10.1 Å². The van der Waals surface area contributed by atoms with Gasteiger partial charge in [0, 0.05) is 30.7 Å². The number of H-pyrrole nitrogens is 1. The van der Waals surface area contributed by atoms with Crippen molar-refractivity contribution in [3.63, 3.8) is 0 Å². The van der Waals surface area contributed by atoms with Gasteiger partial charge in [-0.05, 0) is 41.8 Å². The van der Waals surface area contributed by atoms with Crippen LogP contribution in [0.25, 0.3) is 22.1 Å². The van der Waals surface area contributed by atoms with Crippen molar-refractivity contribution in [2.24, 2.45) is 5.10 Å². The first-order valence-electron chi connectivity index (χ1n) is 8.85. The van der Waals surface area contributed by atoms with Gasteiger partial charge in [-0.3, -0.25) is 0 Å². The predicted octanol–water partition coefficient (Wildman–Crippen LogP) is 3.58. The molecule has 2 aromatic heterocycles. The zero-order chi connectivity index (χ0) is 18.8. The standard InChI is InChI=1S/C20H21N7/c1-4-13-7-10-17-16(11-13)18-19(22-17)23-20(26-24-18)25-21-12-14-5-8-15(9-6-14)27(2)3/h5-12H,4H2,1-3H3,(H2,22,23,25,26). The van der Waals surface area contributed by atoms with Crippen LogP contribution in [0.3, 0.4) is 0 Å². The van der Waals surface area contributed by atoms with Gasteiger partial charge in [0.15, 0.2) is 5.65 Å². The summed E-state index contributed by atoms with van der Waals surface area (Å²) in [6.45, 7) is 2.13. The Kier molecular flexibility index (Phi) is 4.42. The molecule has 27 heavy (non-hydrogen) atoms. The van der Waals surface area contributed by atoms with E-state index >= 15 is 0 Å². The fraction of sp³-hybridized carbons (Fsp3) is 0.200. The number of rotatable bonds is 5. The smallest absolute Gasteiger partial charge is 0.265 e. The zero-order valence-electron chi connectivity index (χ0n) is 15.6. The minimum absolute atomic E-state index is 0.353. The van der Waals surface area contributed by atoms with Crippen LogP contribution in [0.4, 0.5) is 11.6 Å². The topological polar surface area (TPSA) is 82.1 Å². The highest BCUT2D eigenvalue weighted by molar-refractivity contribution is 6.03. The van der Waals surface area contributed by atoms with Gasteiger partial charge in [-0.25, -0.2) is 5.43 Å². The van der Waals surface area contributed by atoms with Crippen LogP contribution in [0.15, 0.2) is 47.6 Å². The molecule has 0 radical (unpaired) electrons. The van der Waals surface area contributed by atoms with Gasteiger partial charge < -0.3 is 9.88 Å². The Hall–Kier alpha value is -3.48. The minimum Gasteiger partial charge on any atom is -0.378 e. The highest BCUT2D eigenvalue weighted by Gasteiger charge is 2.09. The number of fused-ring (bicyclic) bond motifs is 3. The van der Waals surface area contributed by atoms with Crippen molar-refractivity contribution in [3.8, 4) is 0 Å². The van der Waals surface area contributed by atoms with E-state index in [-0.39, 0.29) is 0 Å². The molecule has 4 aromatic rings. The molecule has 0 unspecified atom stereocenters. The molecular weight excluding hydrogens is 338 g/mol. The van der Waals surface area contributed by atoms with Gasteiger partial charge in [0.1, 0.15) is 5.52 Å². The van der Waals surface area contributed by atoms with Crippen LogP contribution in [0, 0.1) is 0 Å². The molecule has 0 aliphatic carbocycles. The average molecular weight is 359 g/mol. The highest BCUT2D eigenvalue weighted by Crippen LogP contribution is 2.23. The number of aromatic nitrogens is 4. The van der Waals surface area contributed by atoms with Gasteiger partial charge in [0.05, 0.1) is 6.21 Å². The zero-order valence-corrected chi connectivity index (χ0v) is 15.6. The van der Waals surface area contributed by atoms with Crippen LogP contribution < -0.4 is 10.3 Å². The Morgan fingerprint density at radius 2 is 1.93 bits per heavy atom. The highest BCUT2D eigenvalue weighted by atomic mass is 15.4. The molecule has 0 fully saturated rings. The van der Waals surface area contributed by atoms with Crippen molar-refractivity contribution in [2.45, 2.75) is 13.3 Å². The molecule has 7 heteroatoms. The second kappa shape index (κ2) is 7.03. The molecule has 136 valence electrons. The summed E-state index contributed by atoms with van der Waals surface area (Å²) >= 11 is 0. The molecule has 0 atom stereocenters. The number of hydrogen-bond acceptors (Lipinski definition) is 6. The van der Waals surface area contributed by atoms with Crippen molar-refractivity contribution in [1.82, 2.24) is 20.2 Å². The molecule has 0 saturated carbocycles. The molecule has 0 aliphatic heterocycles. The quantitative estimate of drug-likeness (QED) is 0.420. The Morgan fingerprint density at radius 1 is 1.11 bits per heavy atom. The summed E-state index contributed by atoms with van der Waals surface area (Å²) in [5, 5.41) is 13.7. The Morgan fingerprint density at radius 3 is 2.67 bits per heavy atom. The van der Waals surface area contributed by atoms with Crippen molar-refractivity contribution < 1.29 is 0 Å². The van der Waals surface area contributed by atoms with E-state index in [0.29, 0.717) is 11.6 Å². The number of nitrogens with one attached hydrogen (secondary N) is 2. The fourth-order valence-corrected chi connectivity index (χ4v) is 2.91. The number of anilines is 2. The molecule has 0 amide bonds. The number of nitrogens with zero attached hydrogens (tertiary/aromatic N) is 5. The van der Waals surface area contributed by atoms with E-state index in [2.05, 4.69) is 60.7 Å². The Labute approximate surface area is 157 Å². The van der Waals surface area contributed by atoms with Crippen molar-refractivity contribution in [2.75, 3.05) is 24.4 Å². The summed E-state index contributed by atoms with van der Waals surface area (Å²) in [7, 11) is 4.02. The summed E-state index contributed by atoms with van der Waals surface area (Å²) in [5.41, 5.74) is 8.71. The van der Waals surface area contributed by atoms with E-state index < -0.39 is 0 Å². The normalized spacial score (nSPS) is 11.5. The van der Waals surface area contributed by atoms with E-state index in [0.717, 1.165) is 34.1 Å². The summed E-state index contributed by atoms with van der Waals surface area (Å²) in [6.07, 6.45) is 2.71. The number of benzene rings is 2. The van der Waals surface area contributed by atoms with Gasteiger partial charge in [0.25, 0.3) is 5.95 Å². The molecule has 7 nitrogen and oxygen atoms in total. The number of aryl methyl sites for hydroxylation is 1. The van der Waals surface area contributed by atoms with Crippen LogP contribution in [0.1, 0.15) is 18.1 Å². The van der Waals surface area contributed by atoms with Crippen LogP contribution in [-0.4, -0.2) is 40.5 Å². The maximum atomic E-state index is 4.48. The van der Waals surface area contributed by atoms with Crippen LogP contribution in [0.2, 0.25) is 0 Å². The van der Waals surface area contributed by atoms with Gasteiger partial charge >= 0.3 is 0 Å². The lowest BCUT2D eigenvalue weighted by molar-refractivity contribution is 1.01. The van der Waals surface area contributed by atoms with Crippen molar-refractivity contribution in [3.05, 3.63) is 53.6 Å². The number of aromatic amines is 1. The summed E-state index contributed by atoms with van der Waals surface area (Å²) in [5.74, 6) is 0.353. The van der Waals surface area contributed by atoms with Gasteiger partial charge in [-0.1, -0.05) is 25.1 Å². The molecule has 0 aliphatic rings. The van der Waals surface area contributed by atoms with Crippen LogP contribution >= 0.6 is 0 Å². The third-order valence-corrected chi connectivity index (χ3v) is 4.47. The van der Waals surface area contributed by atoms with Crippen molar-refractivity contribution in [1.29, 1.82) is 0 Å². The summed E-state index contributed by atoms with van der Waals surface area (Å²) in [4.78, 5) is 9.81. The van der Waals surface area contributed by atoms with E-state index in [1.807, 2.05) is 38.4 Å². The lowest BCUT2D eigenvalue weighted by Crippen LogP contribution is -2.08. The Balaban J connectivity index is 1.54. The molecule has 2 aromatic carbocycles. The number of hydrogen-bond donors (Lipinski definition) is 2. The van der Waals surface area contributed by atoms with Gasteiger partial charge in [0.2, 0.25) is 0 Å². The van der Waals surface area contributed by atoms with Crippen molar-refractivity contribution >= 4 is 39.9 Å². The summed E-state index contributed by atoms with van der Waals surface area (Å²) < 4.78 is 0. The molecule has 2 N–H and O–H groups in total. The molecule has 0 spiro atoms. The Bertz CT molecular complexity index is 1110. The van der Waals surface area contributed by atoms with E-state index in [4.69, 9.17) is 0 Å². The predicted molar refractivity (Wildman–Crippen MR) is 111 cm³/mol. The maximum Gasteiger partial charge on any atom is 0.265 e. The molecule has 0 bridgehead atoms. The second-order valence-corrected chi connectivity index (χ2v) is 6.55. The largest absolute Gasteiger partial charge is 0.378 e. The van der Waals surface area contributed by atoms with E-state index in [1.165, 1.54) is 5.56 Å². The first-order valence-corrected chi connectivity index (χ1v) is 8.85. The third-order valence-electron chi connectivity index (χ3n) is 4.47. The number of hydrazone groups is 1. The lowest BCUT2D eigenvalue weighted by atomic mass is 10.1. The average Bonchev–Trinajstić information content (AvgIpc) is 3.05. The lowest BCUT2D eigenvalue weighted by Gasteiger charge is -2.11. The van der Waals surface area contributed by atoms with Crippen LogP contribution in [-0.2, 0) is 6.42 Å². The van der Waals surface area contributed by atoms with Gasteiger partial charge in [-0.15, -0.1) is 10.2 Å². The first kappa shape index (κ1) is 17.0. The molecule has 4 rings (SSSR count). The first-order chi connectivity index (χ1) is 13.1. The minimum atomic E-state index is 0.353. The molecular formula is C20H21N7. The monoisotopic (exact) mass is 359 g/mol. The van der Waals surface area contributed by atoms with Crippen LogP contribution in [0.5, 0.6) is 0 Å². The molecule has 2 heterocycles. The third kappa shape index (κ3) is 3.44. The van der Waals surface area contributed by atoms with E-state index in [1.54, 1.807) is 6.21 Å². The SMILES string of the molecule is CCc1ccc2[nH]c3nc(NN=Cc4ccc(N(C)C)cc4)nnc3c2c1. The second-order valence-electron chi connectivity index (χ2n) is 6.55. The fourth-order valence-electron chi connectivity index (χ4n) is 2.91.